The van der Waals surface area contributed by atoms with Crippen molar-refractivity contribution in [2.24, 2.45) is 0 Å². The highest BCUT2D eigenvalue weighted by atomic mass is 32.2. The zero-order valence-electron chi connectivity index (χ0n) is 13.1. The number of benzene rings is 2. The fraction of sp³-hybridized carbons (Fsp3) is 0.111. The van der Waals surface area contributed by atoms with Crippen LogP contribution in [0.25, 0.3) is 0 Å². The third-order valence-corrected chi connectivity index (χ3v) is 7.28. The van der Waals surface area contributed by atoms with Crippen LogP contribution in [0.1, 0.15) is 0 Å². The predicted octanol–water partition coefficient (Wildman–Crippen LogP) is 7.75. The fourth-order valence-corrected chi connectivity index (χ4v) is 5.73. The summed E-state index contributed by atoms with van der Waals surface area (Å²) in [5.74, 6) is 0. The highest BCUT2D eigenvalue weighted by Gasteiger charge is 2.09. The minimum absolute atomic E-state index is 1.23. The van der Waals surface area contributed by atoms with Gasteiger partial charge in [0.05, 0.1) is 0 Å². The van der Waals surface area contributed by atoms with Crippen molar-refractivity contribution in [3.05, 3.63) is 60.4 Å². The molecule has 0 bridgehead atoms. The monoisotopic (exact) mass is 394 g/mol. The van der Waals surface area contributed by atoms with Crippen molar-refractivity contribution in [1.29, 1.82) is 0 Å². The topological polar surface area (TPSA) is 0 Å². The summed E-state index contributed by atoms with van der Waals surface area (Å²) in [5.41, 5.74) is 0. The van der Waals surface area contributed by atoms with Gasteiger partial charge in [-0.15, -0.1) is 23.5 Å². The molecular weight excluding hydrogens is 377 g/mol. The van der Waals surface area contributed by atoms with Gasteiger partial charge >= 0.3 is 0 Å². The molecule has 0 fully saturated rings. The van der Waals surface area contributed by atoms with Crippen LogP contribution in [-0.4, -0.2) is 12.5 Å². The zero-order chi connectivity index (χ0) is 16.7. The molecule has 2 aromatic carbocycles. The first-order chi connectivity index (χ1) is 11.2. The van der Waals surface area contributed by atoms with E-state index in [1.807, 2.05) is 22.6 Å². The molecule has 0 saturated heterocycles. The minimum atomic E-state index is 1.23. The molecule has 0 radical (unpaired) electrons. The molecule has 0 saturated carbocycles. The SMILES string of the molecule is C=CSc1ccc(Sc2ccc(SC=C)cc2SC)c(SC)c1. The van der Waals surface area contributed by atoms with Gasteiger partial charge in [0, 0.05) is 29.4 Å². The summed E-state index contributed by atoms with van der Waals surface area (Å²) >= 11 is 8.73. The van der Waals surface area contributed by atoms with Crippen LogP contribution in [-0.2, 0) is 0 Å². The number of rotatable bonds is 8. The van der Waals surface area contributed by atoms with Gasteiger partial charge in [0.2, 0.25) is 0 Å². The molecule has 23 heavy (non-hydrogen) atoms. The van der Waals surface area contributed by atoms with Crippen molar-refractivity contribution in [2.45, 2.75) is 29.4 Å². The number of hydrogen-bond donors (Lipinski definition) is 0. The first-order valence-electron chi connectivity index (χ1n) is 6.81. The molecule has 2 aromatic rings. The Hall–Kier alpha value is -0.330. The molecule has 0 atom stereocenters. The van der Waals surface area contributed by atoms with Gasteiger partial charge in [-0.3, -0.25) is 0 Å². The number of hydrogen-bond acceptors (Lipinski definition) is 5. The fourth-order valence-electron chi connectivity index (χ4n) is 1.92. The smallest absolute Gasteiger partial charge is 0.0259 e. The van der Waals surface area contributed by atoms with E-state index in [-0.39, 0.29) is 0 Å². The van der Waals surface area contributed by atoms with Crippen LogP contribution in [0.15, 0.2) is 89.7 Å². The molecule has 0 heterocycles. The van der Waals surface area contributed by atoms with E-state index >= 15 is 0 Å². The van der Waals surface area contributed by atoms with Gasteiger partial charge in [-0.05, 0) is 59.7 Å². The largest absolute Gasteiger partial charge is 0.128 e. The average molecular weight is 395 g/mol. The lowest BCUT2D eigenvalue weighted by Crippen LogP contribution is -1.83. The molecular formula is C18H18S5. The second-order valence-corrected chi connectivity index (χ2v) is 9.16. The first kappa shape index (κ1) is 19.0. The van der Waals surface area contributed by atoms with Crippen LogP contribution in [0.5, 0.6) is 0 Å². The maximum absolute atomic E-state index is 3.79. The van der Waals surface area contributed by atoms with Crippen molar-refractivity contribution in [2.75, 3.05) is 12.5 Å². The molecule has 0 aliphatic carbocycles. The highest BCUT2D eigenvalue weighted by molar-refractivity contribution is 8.04. The van der Waals surface area contributed by atoms with Crippen molar-refractivity contribution >= 4 is 58.8 Å². The molecule has 2 rings (SSSR count). The quantitative estimate of drug-likeness (QED) is 0.418. The maximum atomic E-state index is 3.79. The molecule has 0 unspecified atom stereocenters. The highest BCUT2D eigenvalue weighted by Crippen LogP contribution is 2.41. The van der Waals surface area contributed by atoms with Crippen molar-refractivity contribution in [1.82, 2.24) is 0 Å². The van der Waals surface area contributed by atoms with Crippen LogP contribution in [0, 0.1) is 0 Å². The normalized spacial score (nSPS) is 10.5. The third-order valence-electron chi connectivity index (χ3n) is 2.93. The lowest BCUT2D eigenvalue weighted by atomic mass is 10.3. The van der Waals surface area contributed by atoms with Gasteiger partial charge < -0.3 is 0 Å². The summed E-state index contributed by atoms with van der Waals surface area (Å²) < 4.78 is 0. The van der Waals surface area contributed by atoms with Crippen LogP contribution in [0.3, 0.4) is 0 Å². The summed E-state index contributed by atoms with van der Waals surface area (Å²) in [6.07, 6.45) is 4.25. The summed E-state index contributed by atoms with van der Waals surface area (Å²) in [7, 11) is 0. The van der Waals surface area contributed by atoms with E-state index < -0.39 is 0 Å². The summed E-state index contributed by atoms with van der Waals surface area (Å²) in [6, 6.07) is 13.2. The van der Waals surface area contributed by atoms with Gasteiger partial charge in [0.15, 0.2) is 0 Å². The van der Waals surface area contributed by atoms with E-state index in [2.05, 4.69) is 62.1 Å². The summed E-state index contributed by atoms with van der Waals surface area (Å²) in [4.78, 5) is 7.67. The molecule has 0 amide bonds. The van der Waals surface area contributed by atoms with E-state index in [1.165, 1.54) is 29.4 Å². The zero-order valence-corrected chi connectivity index (χ0v) is 17.2. The van der Waals surface area contributed by atoms with E-state index in [4.69, 9.17) is 0 Å². The van der Waals surface area contributed by atoms with Crippen LogP contribution in [0.2, 0.25) is 0 Å². The van der Waals surface area contributed by atoms with Crippen molar-refractivity contribution in [3.63, 3.8) is 0 Å². The van der Waals surface area contributed by atoms with E-state index in [1.54, 1.807) is 47.0 Å². The molecule has 120 valence electrons. The van der Waals surface area contributed by atoms with Crippen molar-refractivity contribution in [3.8, 4) is 0 Å². The van der Waals surface area contributed by atoms with Gasteiger partial charge in [-0.1, -0.05) is 48.4 Å². The van der Waals surface area contributed by atoms with E-state index in [9.17, 15) is 0 Å². The standard InChI is InChI=1S/C18H18S5/c1-5-21-13-7-9-15(17(11-13)19-3)23-16-10-8-14(22-6-2)12-18(16)20-4/h5-12H,1-2H2,3-4H3. The molecule has 5 heteroatoms. The van der Waals surface area contributed by atoms with E-state index in [0.717, 1.165) is 0 Å². The molecule has 0 N–H and O–H groups in total. The molecule has 0 aliphatic heterocycles. The third kappa shape index (κ3) is 5.33. The predicted molar refractivity (Wildman–Crippen MR) is 113 cm³/mol. The lowest BCUT2D eigenvalue weighted by Gasteiger charge is -2.12. The summed E-state index contributed by atoms with van der Waals surface area (Å²) in [5, 5.41) is 3.74. The molecule has 0 nitrogen and oxygen atoms in total. The second-order valence-electron chi connectivity index (χ2n) is 4.30. The molecule has 0 aromatic heterocycles. The van der Waals surface area contributed by atoms with Crippen LogP contribution < -0.4 is 0 Å². The Labute approximate surface area is 160 Å². The van der Waals surface area contributed by atoms with Crippen molar-refractivity contribution < 1.29 is 0 Å². The van der Waals surface area contributed by atoms with E-state index in [0.29, 0.717) is 0 Å². The summed E-state index contributed by atoms with van der Waals surface area (Å²) in [6.45, 7) is 7.57. The Balaban J connectivity index is 2.30. The van der Waals surface area contributed by atoms with Crippen LogP contribution >= 0.6 is 58.8 Å². The average Bonchev–Trinajstić information content (AvgIpc) is 2.57. The Morgan fingerprint density at radius 1 is 0.696 bits per heavy atom. The Morgan fingerprint density at radius 2 is 1.13 bits per heavy atom. The maximum Gasteiger partial charge on any atom is 0.0259 e. The van der Waals surface area contributed by atoms with Gasteiger partial charge in [0.1, 0.15) is 0 Å². The Bertz CT molecular complexity index is 634. The van der Waals surface area contributed by atoms with Gasteiger partial charge in [0.25, 0.3) is 0 Å². The minimum Gasteiger partial charge on any atom is -0.128 e. The second kappa shape index (κ2) is 9.84. The molecule has 0 aliphatic rings. The molecule has 0 spiro atoms. The van der Waals surface area contributed by atoms with Crippen LogP contribution in [0.4, 0.5) is 0 Å². The number of thioether (sulfide) groups is 4. The first-order valence-corrected chi connectivity index (χ1v) is 11.8. The Morgan fingerprint density at radius 3 is 1.48 bits per heavy atom. The van der Waals surface area contributed by atoms with Gasteiger partial charge in [-0.2, -0.15) is 0 Å². The Kier molecular flexibility index (Phi) is 8.13. The van der Waals surface area contributed by atoms with Gasteiger partial charge in [-0.25, -0.2) is 0 Å². The lowest BCUT2D eigenvalue weighted by molar-refractivity contribution is 1.15.